The van der Waals surface area contributed by atoms with Crippen molar-refractivity contribution in [2.45, 2.75) is 19.3 Å². The van der Waals surface area contributed by atoms with Gasteiger partial charge in [0.25, 0.3) is 5.91 Å². The number of benzene rings is 1. The number of nitrogens with one attached hydrogen (secondary N) is 2. The molecule has 1 aliphatic rings. The number of para-hydroxylation sites is 1. The Hall–Kier alpha value is -1.76. The van der Waals surface area contributed by atoms with Crippen LogP contribution in [-0.2, 0) is 0 Å². The summed E-state index contributed by atoms with van der Waals surface area (Å²) in [5, 5.41) is 7.47. The molecule has 2 aromatic heterocycles. The number of nitrogens with zero attached hydrogens (tertiary/aromatic N) is 1. The van der Waals surface area contributed by atoms with E-state index in [2.05, 4.69) is 21.7 Å². The van der Waals surface area contributed by atoms with Gasteiger partial charge in [0.15, 0.2) is 0 Å². The van der Waals surface area contributed by atoms with Gasteiger partial charge in [-0.05, 0) is 62.5 Å². The number of carbonyl (C=O) groups excluding carboxylic acids is 1. The molecule has 25 heavy (non-hydrogen) atoms. The lowest BCUT2D eigenvalue weighted by atomic mass is 9.96. The van der Waals surface area contributed by atoms with E-state index >= 15 is 0 Å². The van der Waals surface area contributed by atoms with E-state index in [1.165, 1.54) is 28.9 Å². The van der Waals surface area contributed by atoms with Crippen molar-refractivity contribution in [2.75, 3.05) is 19.6 Å². The summed E-state index contributed by atoms with van der Waals surface area (Å²) in [4.78, 5) is 18.9. The molecule has 6 heteroatoms. The molecule has 0 bridgehead atoms. The number of carbonyl (C=O) groups is 1. The highest BCUT2D eigenvalue weighted by atomic mass is 32.1. The maximum absolute atomic E-state index is 12.4. The van der Waals surface area contributed by atoms with Gasteiger partial charge in [0.2, 0.25) is 0 Å². The second kappa shape index (κ2) is 7.64. The van der Waals surface area contributed by atoms with Crippen molar-refractivity contribution in [1.29, 1.82) is 0 Å². The normalized spacial score (nSPS) is 17.7. The zero-order chi connectivity index (χ0) is 17.1. The number of fused-ring (bicyclic) bond motifs is 1. The predicted molar refractivity (Wildman–Crippen MR) is 105 cm³/mol. The molecular weight excluding hydrogens is 350 g/mol. The fraction of sp³-hybridized carbons (Fsp3) is 0.368. The average Bonchev–Trinajstić information content (AvgIpc) is 3.29. The van der Waals surface area contributed by atoms with Crippen LogP contribution in [0.15, 0.2) is 36.4 Å². The van der Waals surface area contributed by atoms with Gasteiger partial charge in [-0.25, -0.2) is 4.98 Å². The fourth-order valence-corrected chi connectivity index (χ4v) is 5.14. The van der Waals surface area contributed by atoms with E-state index in [1.807, 2.05) is 30.3 Å². The van der Waals surface area contributed by atoms with Crippen molar-refractivity contribution in [2.24, 2.45) is 5.92 Å². The minimum Gasteiger partial charge on any atom is -0.351 e. The molecule has 1 aliphatic heterocycles. The first-order valence-electron chi connectivity index (χ1n) is 8.74. The van der Waals surface area contributed by atoms with Gasteiger partial charge in [0, 0.05) is 6.54 Å². The molecule has 0 spiro atoms. The SMILES string of the molecule is O=C(NCCC1CCCNC1)c1ccc(-c2nc3ccccc3s2)s1. The molecule has 130 valence electrons. The number of hydrogen-bond donors (Lipinski definition) is 2. The van der Waals surface area contributed by atoms with Crippen LogP contribution in [0.2, 0.25) is 0 Å². The van der Waals surface area contributed by atoms with E-state index in [0.29, 0.717) is 5.92 Å². The quantitative estimate of drug-likeness (QED) is 0.708. The number of hydrogen-bond acceptors (Lipinski definition) is 5. The van der Waals surface area contributed by atoms with Gasteiger partial charge < -0.3 is 10.6 Å². The molecule has 2 N–H and O–H groups in total. The van der Waals surface area contributed by atoms with E-state index < -0.39 is 0 Å². The van der Waals surface area contributed by atoms with Gasteiger partial charge in [0.1, 0.15) is 5.01 Å². The van der Waals surface area contributed by atoms with Gasteiger partial charge >= 0.3 is 0 Å². The highest BCUT2D eigenvalue weighted by molar-refractivity contribution is 7.26. The Morgan fingerprint density at radius 3 is 3.00 bits per heavy atom. The largest absolute Gasteiger partial charge is 0.351 e. The summed E-state index contributed by atoms with van der Waals surface area (Å²) in [5.41, 5.74) is 1.02. The van der Waals surface area contributed by atoms with Crippen LogP contribution in [0.25, 0.3) is 20.1 Å². The highest BCUT2D eigenvalue weighted by Crippen LogP contribution is 2.34. The van der Waals surface area contributed by atoms with E-state index in [1.54, 1.807) is 11.3 Å². The second-order valence-electron chi connectivity index (χ2n) is 6.41. The maximum Gasteiger partial charge on any atom is 0.261 e. The van der Waals surface area contributed by atoms with Crippen molar-refractivity contribution in [3.8, 4) is 9.88 Å². The zero-order valence-corrected chi connectivity index (χ0v) is 15.6. The summed E-state index contributed by atoms with van der Waals surface area (Å²) < 4.78 is 1.18. The lowest BCUT2D eigenvalue weighted by Gasteiger charge is -2.22. The van der Waals surface area contributed by atoms with E-state index in [4.69, 9.17) is 0 Å². The lowest BCUT2D eigenvalue weighted by molar-refractivity contribution is 0.0954. The van der Waals surface area contributed by atoms with Crippen molar-refractivity contribution in [3.63, 3.8) is 0 Å². The molecule has 4 rings (SSSR count). The van der Waals surface area contributed by atoms with Crippen LogP contribution in [0.4, 0.5) is 0 Å². The van der Waals surface area contributed by atoms with Crippen molar-refractivity contribution in [3.05, 3.63) is 41.3 Å². The topological polar surface area (TPSA) is 54.0 Å². The van der Waals surface area contributed by atoms with Crippen LogP contribution in [0.1, 0.15) is 28.9 Å². The summed E-state index contributed by atoms with van der Waals surface area (Å²) in [6.45, 7) is 2.96. The third-order valence-electron chi connectivity index (χ3n) is 4.57. The van der Waals surface area contributed by atoms with Crippen LogP contribution in [0.3, 0.4) is 0 Å². The molecule has 0 aliphatic carbocycles. The Balaban J connectivity index is 1.37. The highest BCUT2D eigenvalue weighted by Gasteiger charge is 2.15. The molecule has 4 nitrogen and oxygen atoms in total. The summed E-state index contributed by atoms with van der Waals surface area (Å²) in [7, 11) is 0. The second-order valence-corrected chi connectivity index (χ2v) is 8.52. The number of rotatable bonds is 5. The van der Waals surface area contributed by atoms with Crippen molar-refractivity contribution < 1.29 is 4.79 Å². The summed E-state index contributed by atoms with van der Waals surface area (Å²) in [6, 6.07) is 12.0. The lowest BCUT2D eigenvalue weighted by Crippen LogP contribution is -2.33. The fourth-order valence-electron chi connectivity index (χ4n) is 3.20. The molecule has 1 saturated heterocycles. The maximum atomic E-state index is 12.4. The van der Waals surface area contributed by atoms with Gasteiger partial charge in [-0.1, -0.05) is 12.1 Å². The van der Waals surface area contributed by atoms with Crippen LogP contribution in [0, 0.1) is 5.92 Å². The number of thiophene rings is 1. The Morgan fingerprint density at radius 1 is 1.24 bits per heavy atom. The van der Waals surface area contributed by atoms with Crippen LogP contribution in [-0.4, -0.2) is 30.5 Å². The molecular formula is C19H21N3OS2. The van der Waals surface area contributed by atoms with E-state index in [9.17, 15) is 4.79 Å². The Morgan fingerprint density at radius 2 is 2.16 bits per heavy atom. The van der Waals surface area contributed by atoms with E-state index in [0.717, 1.165) is 46.3 Å². The molecule has 1 unspecified atom stereocenters. The molecule has 1 amide bonds. The summed E-state index contributed by atoms with van der Waals surface area (Å²) in [5.74, 6) is 0.719. The Kier molecular flexibility index (Phi) is 5.10. The summed E-state index contributed by atoms with van der Waals surface area (Å²) >= 11 is 3.19. The van der Waals surface area contributed by atoms with Crippen LogP contribution < -0.4 is 10.6 Å². The predicted octanol–water partition coefficient (Wildman–Crippen LogP) is 4.14. The Bertz CT molecular complexity index is 831. The van der Waals surface area contributed by atoms with Crippen molar-refractivity contribution in [1.82, 2.24) is 15.6 Å². The van der Waals surface area contributed by atoms with Gasteiger partial charge in [0.05, 0.1) is 20.0 Å². The van der Waals surface area contributed by atoms with E-state index in [-0.39, 0.29) is 5.91 Å². The summed E-state index contributed by atoms with van der Waals surface area (Å²) in [6.07, 6.45) is 3.56. The van der Waals surface area contributed by atoms with Crippen molar-refractivity contribution >= 4 is 38.8 Å². The first kappa shape index (κ1) is 16.7. The first-order valence-corrected chi connectivity index (χ1v) is 10.4. The Labute approximate surface area is 155 Å². The first-order chi connectivity index (χ1) is 12.3. The molecule has 0 saturated carbocycles. The smallest absolute Gasteiger partial charge is 0.261 e. The van der Waals surface area contributed by atoms with Crippen LogP contribution in [0.5, 0.6) is 0 Å². The number of thiazole rings is 1. The number of amides is 1. The van der Waals surface area contributed by atoms with Crippen LogP contribution >= 0.6 is 22.7 Å². The third-order valence-corrected chi connectivity index (χ3v) is 6.86. The average molecular weight is 372 g/mol. The van der Waals surface area contributed by atoms with Gasteiger partial charge in [-0.2, -0.15) is 0 Å². The standard InChI is InChI=1S/C19H21N3OS2/c23-18(21-11-9-13-4-3-10-20-12-13)16-7-8-17(24-16)19-22-14-5-1-2-6-15(14)25-19/h1-2,5-8,13,20H,3-4,9-12H2,(H,21,23). The minimum absolute atomic E-state index is 0.0288. The third kappa shape index (κ3) is 3.92. The molecule has 1 aromatic carbocycles. The molecule has 3 aromatic rings. The molecule has 0 radical (unpaired) electrons. The zero-order valence-electron chi connectivity index (χ0n) is 14.0. The molecule has 1 fully saturated rings. The molecule has 3 heterocycles. The van der Waals surface area contributed by atoms with Gasteiger partial charge in [-0.3, -0.25) is 4.79 Å². The number of aromatic nitrogens is 1. The van der Waals surface area contributed by atoms with Gasteiger partial charge in [-0.15, -0.1) is 22.7 Å². The number of piperidine rings is 1. The minimum atomic E-state index is 0.0288. The molecule has 1 atom stereocenters. The monoisotopic (exact) mass is 371 g/mol.